The molecule has 2 heterocycles. The first kappa shape index (κ1) is 20.6. The van der Waals surface area contributed by atoms with Crippen molar-refractivity contribution in [3.8, 4) is 0 Å². The molecular weight excluding hydrogens is 342 g/mol. The zero-order chi connectivity index (χ0) is 15.8. The zero-order valence-corrected chi connectivity index (χ0v) is 14.8. The number of nitrogens with two attached hydrogens (primary N) is 1. The largest absolute Gasteiger partial charge is 0.753 e. The van der Waals surface area contributed by atoms with Crippen molar-refractivity contribution in [1.82, 2.24) is 9.97 Å². The summed E-state index contributed by atoms with van der Waals surface area (Å²) >= 11 is 5.35. The van der Waals surface area contributed by atoms with Gasteiger partial charge in [0, 0.05) is 26.1 Å². The molecule has 2 aromatic heterocycles. The molecule has 0 saturated carbocycles. The van der Waals surface area contributed by atoms with Crippen LogP contribution in [0.2, 0.25) is 0 Å². The van der Waals surface area contributed by atoms with Crippen molar-refractivity contribution in [2.24, 2.45) is 0 Å². The molecule has 9 heteroatoms. The molecule has 6 nitrogen and oxygen atoms in total. The van der Waals surface area contributed by atoms with Gasteiger partial charge in [-0.05, 0) is 6.92 Å². The Bertz CT molecular complexity index is 641. The first-order valence-corrected chi connectivity index (χ1v) is 7.48. The Labute approximate surface area is 145 Å². The fourth-order valence-corrected chi connectivity index (χ4v) is 2.75. The van der Waals surface area contributed by atoms with Crippen LogP contribution < -0.4 is 10.3 Å². The van der Waals surface area contributed by atoms with Crippen molar-refractivity contribution in [2.45, 2.75) is 26.8 Å². The van der Waals surface area contributed by atoms with Crippen LogP contribution in [0.3, 0.4) is 0 Å². The number of thiocarbonyl (C=S) groups is 1. The molecule has 3 N–H and O–H groups in total. The van der Waals surface area contributed by atoms with E-state index in [1.54, 1.807) is 17.5 Å². The smallest absolute Gasteiger partial charge is 0.225 e. The van der Waals surface area contributed by atoms with Crippen LogP contribution >= 0.6 is 36.0 Å². The number of anilines is 1. The summed E-state index contributed by atoms with van der Waals surface area (Å²) in [6.45, 7) is 4.71. The van der Waals surface area contributed by atoms with Gasteiger partial charge in [0.05, 0.1) is 10.4 Å². The van der Waals surface area contributed by atoms with Crippen LogP contribution in [0.25, 0.3) is 5.41 Å². The number of aromatic nitrogens is 3. The van der Waals surface area contributed by atoms with Crippen LogP contribution in [0.4, 0.5) is 5.82 Å². The molecule has 0 amide bonds. The quantitative estimate of drug-likeness (QED) is 0.491. The number of isothiocyanates is 1. The van der Waals surface area contributed by atoms with E-state index < -0.39 is 0 Å². The number of aliphatic hydroxyl groups excluding tert-OH is 1. The summed E-state index contributed by atoms with van der Waals surface area (Å²) in [5.41, 5.74) is 10.0. The van der Waals surface area contributed by atoms with Gasteiger partial charge in [-0.3, -0.25) is 0 Å². The Morgan fingerprint density at radius 3 is 2.68 bits per heavy atom. The standard InChI is InChI=1S/C12H17N4OS.CNS.ClH/c1-8-11(3-4-17)18-7-16(8)6-10-5-14-9(2)15-12(10)13;2-1-3;/h5,7,17H,3-4,6H2,1-2H3,(H2,13,14,15);;1H/q+1;-1;. The van der Waals surface area contributed by atoms with Gasteiger partial charge in [0.2, 0.25) is 5.51 Å². The highest BCUT2D eigenvalue weighted by Gasteiger charge is 2.16. The molecular formula is C13H18ClN5OS2. The fraction of sp³-hybridized carbons (Fsp3) is 0.385. The van der Waals surface area contributed by atoms with Crippen molar-refractivity contribution >= 4 is 46.9 Å². The highest BCUT2D eigenvalue weighted by Crippen LogP contribution is 2.13. The number of hydrogen-bond acceptors (Lipinski definition) is 6. The molecule has 120 valence electrons. The molecule has 0 aliphatic heterocycles. The maximum absolute atomic E-state index is 8.98. The molecule has 0 aliphatic carbocycles. The molecule has 0 saturated heterocycles. The lowest BCUT2D eigenvalue weighted by atomic mass is 10.2. The Morgan fingerprint density at radius 2 is 2.14 bits per heavy atom. The average Bonchev–Trinajstić information content (AvgIpc) is 2.76. The summed E-state index contributed by atoms with van der Waals surface area (Å²) in [4.78, 5) is 9.53. The summed E-state index contributed by atoms with van der Waals surface area (Å²) in [7, 11) is 0. The number of aryl methyl sites for hydroxylation is 1. The Hall–Kier alpha value is -1.44. The molecule has 2 aromatic rings. The number of nitrogens with zero attached hydrogens (tertiary/aromatic N) is 4. The van der Waals surface area contributed by atoms with Crippen LogP contribution in [-0.2, 0) is 13.0 Å². The monoisotopic (exact) mass is 359 g/mol. The molecule has 22 heavy (non-hydrogen) atoms. The van der Waals surface area contributed by atoms with Gasteiger partial charge >= 0.3 is 0 Å². The molecule has 0 bridgehead atoms. The van der Waals surface area contributed by atoms with E-state index in [0.717, 1.165) is 11.3 Å². The second-order valence-electron chi connectivity index (χ2n) is 4.25. The summed E-state index contributed by atoms with van der Waals surface area (Å²) in [6, 6.07) is 0. The molecule has 0 fully saturated rings. The molecule has 2 rings (SSSR count). The number of nitrogen functional groups attached to an aromatic ring is 1. The molecule has 0 spiro atoms. The van der Waals surface area contributed by atoms with E-state index in [-0.39, 0.29) is 19.0 Å². The topological polar surface area (TPSA) is 98.2 Å². The van der Waals surface area contributed by atoms with E-state index in [1.807, 2.05) is 19.4 Å². The Kier molecular flexibility index (Phi) is 9.64. The number of halogens is 1. The Morgan fingerprint density at radius 1 is 1.50 bits per heavy atom. The number of aliphatic hydroxyl groups is 1. The highest BCUT2D eigenvalue weighted by molar-refractivity contribution is 7.78. The van der Waals surface area contributed by atoms with Gasteiger partial charge in [0.15, 0.2) is 12.2 Å². The lowest BCUT2D eigenvalue weighted by molar-refractivity contribution is -0.689. The summed E-state index contributed by atoms with van der Waals surface area (Å²) in [6.07, 6.45) is 2.47. The van der Waals surface area contributed by atoms with Gasteiger partial charge in [-0.1, -0.05) is 23.6 Å². The minimum Gasteiger partial charge on any atom is -0.753 e. The van der Waals surface area contributed by atoms with Crippen LogP contribution in [-0.4, -0.2) is 26.8 Å². The number of rotatable bonds is 4. The first-order chi connectivity index (χ1) is 10.0. The first-order valence-electron chi connectivity index (χ1n) is 6.20. The third-order valence-electron chi connectivity index (χ3n) is 2.85. The van der Waals surface area contributed by atoms with E-state index in [1.165, 1.54) is 10.0 Å². The second kappa shape index (κ2) is 10.3. The number of thiazole rings is 1. The predicted octanol–water partition coefficient (Wildman–Crippen LogP) is 1.69. The molecule has 0 radical (unpaired) electrons. The van der Waals surface area contributed by atoms with Gasteiger partial charge in [-0.25, -0.2) is 9.97 Å². The minimum absolute atomic E-state index is 0. The SMILES string of the molecule is Cc1ncc(C[n+]2csc(CCO)c2C)c(N)n1.Cl.[N-]=C=S. The van der Waals surface area contributed by atoms with E-state index in [2.05, 4.69) is 26.8 Å². The van der Waals surface area contributed by atoms with Crippen molar-refractivity contribution in [2.75, 3.05) is 12.3 Å². The lowest BCUT2D eigenvalue weighted by Crippen LogP contribution is -2.35. The molecule has 0 aliphatic rings. The van der Waals surface area contributed by atoms with Crippen molar-refractivity contribution < 1.29 is 9.67 Å². The third-order valence-corrected chi connectivity index (χ3v) is 4.00. The molecule has 0 atom stereocenters. The second-order valence-corrected chi connectivity index (χ2v) is 5.37. The maximum atomic E-state index is 8.98. The molecule has 0 unspecified atom stereocenters. The van der Waals surface area contributed by atoms with Crippen LogP contribution in [0.1, 0.15) is 22.0 Å². The van der Waals surface area contributed by atoms with E-state index >= 15 is 0 Å². The predicted molar refractivity (Wildman–Crippen MR) is 93.5 cm³/mol. The van der Waals surface area contributed by atoms with Gasteiger partial charge < -0.3 is 16.2 Å². The average molecular weight is 360 g/mol. The van der Waals surface area contributed by atoms with E-state index in [0.29, 0.717) is 24.6 Å². The van der Waals surface area contributed by atoms with E-state index in [9.17, 15) is 0 Å². The molecule has 0 aromatic carbocycles. The maximum Gasteiger partial charge on any atom is 0.225 e. The van der Waals surface area contributed by atoms with Gasteiger partial charge in [0.1, 0.15) is 11.6 Å². The summed E-state index contributed by atoms with van der Waals surface area (Å²) in [5, 5.41) is 17.4. The van der Waals surface area contributed by atoms with E-state index in [4.69, 9.17) is 16.2 Å². The van der Waals surface area contributed by atoms with Gasteiger partial charge in [0.25, 0.3) is 0 Å². The normalized spacial score (nSPS) is 9.23. The van der Waals surface area contributed by atoms with Crippen molar-refractivity contribution in [3.05, 3.63) is 39.1 Å². The minimum atomic E-state index is 0. The van der Waals surface area contributed by atoms with Crippen molar-refractivity contribution in [1.29, 1.82) is 0 Å². The lowest BCUT2D eigenvalue weighted by Gasteiger charge is -2.01. The summed E-state index contributed by atoms with van der Waals surface area (Å²) in [5.74, 6) is 1.22. The summed E-state index contributed by atoms with van der Waals surface area (Å²) < 4.78 is 2.11. The van der Waals surface area contributed by atoms with Gasteiger partial charge in [-0.15, -0.1) is 12.4 Å². The van der Waals surface area contributed by atoms with Crippen LogP contribution in [0.15, 0.2) is 11.7 Å². The highest BCUT2D eigenvalue weighted by atomic mass is 35.5. The van der Waals surface area contributed by atoms with Crippen LogP contribution in [0.5, 0.6) is 0 Å². The van der Waals surface area contributed by atoms with Crippen molar-refractivity contribution in [3.63, 3.8) is 0 Å². The fourth-order valence-electron chi connectivity index (χ4n) is 1.77. The third kappa shape index (κ3) is 5.75. The number of hydrogen-bond donors (Lipinski definition) is 2. The zero-order valence-electron chi connectivity index (χ0n) is 12.3. The van der Waals surface area contributed by atoms with Crippen LogP contribution in [0, 0.1) is 13.8 Å². The Balaban J connectivity index is 0.00000102. The van der Waals surface area contributed by atoms with Gasteiger partial charge in [-0.2, -0.15) is 9.73 Å².